The van der Waals surface area contributed by atoms with Gasteiger partial charge in [0, 0.05) is 5.41 Å². The van der Waals surface area contributed by atoms with E-state index in [1.165, 1.54) is 0 Å². The monoisotopic (exact) mass is 267 g/mol. The van der Waals surface area contributed by atoms with Gasteiger partial charge in [0.25, 0.3) is 0 Å². The zero-order chi connectivity index (χ0) is 7.99. The topological polar surface area (TPSA) is 44.0 Å². The Morgan fingerprint density at radius 2 is 2.10 bits per heavy atom. The van der Waals surface area contributed by atoms with Crippen LogP contribution in [0.15, 0.2) is 0 Å². The molecule has 0 heterocycles. The van der Waals surface area contributed by atoms with Crippen LogP contribution in [0.1, 0.15) is 13.3 Å². The molecule has 1 aliphatic carbocycles. The van der Waals surface area contributed by atoms with Crippen molar-refractivity contribution in [2.75, 3.05) is 0 Å². The van der Waals surface area contributed by atoms with Crippen molar-refractivity contribution in [2.24, 2.45) is 5.41 Å². The third-order valence-electron chi connectivity index (χ3n) is 2.03. The standard InChI is InChI=1S/C6H7Br2NO/c1-5(4(10)2-9)3-6(5,7)8/h4,10H,3H2,1H3/t4-,5-/m0/s1. The highest BCUT2D eigenvalue weighted by atomic mass is 79.9. The summed E-state index contributed by atoms with van der Waals surface area (Å²) < 4.78 is -0.220. The molecule has 0 spiro atoms. The number of hydrogen-bond acceptors (Lipinski definition) is 2. The van der Waals surface area contributed by atoms with E-state index in [1.54, 1.807) is 0 Å². The van der Waals surface area contributed by atoms with Crippen LogP contribution in [0.3, 0.4) is 0 Å². The number of alkyl halides is 2. The van der Waals surface area contributed by atoms with E-state index in [2.05, 4.69) is 31.9 Å². The van der Waals surface area contributed by atoms with Gasteiger partial charge in [-0.3, -0.25) is 0 Å². The van der Waals surface area contributed by atoms with Crippen molar-refractivity contribution in [3.8, 4) is 6.07 Å². The van der Waals surface area contributed by atoms with E-state index in [4.69, 9.17) is 5.26 Å². The smallest absolute Gasteiger partial charge is 0.148 e. The van der Waals surface area contributed by atoms with Crippen molar-refractivity contribution in [1.29, 1.82) is 5.26 Å². The molecule has 2 nitrogen and oxygen atoms in total. The molecule has 1 N–H and O–H groups in total. The van der Waals surface area contributed by atoms with Crippen LogP contribution in [-0.4, -0.2) is 14.4 Å². The minimum Gasteiger partial charge on any atom is -0.377 e. The average molecular weight is 269 g/mol. The number of aliphatic hydroxyl groups is 1. The Bertz CT molecular complexity index is 198. The Hall–Kier alpha value is 0.410. The van der Waals surface area contributed by atoms with Gasteiger partial charge in [-0.1, -0.05) is 38.8 Å². The van der Waals surface area contributed by atoms with E-state index in [0.29, 0.717) is 0 Å². The second kappa shape index (κ2) is 2.20. The first-order valence-corrected chi connectivity index (χ1v) is 4.48. The highest BCUT2D eigenvalue weighted by Gasteiger charge is 2.65. The van der Waals surface area contributed by atoms with E-state index >= 15 is 0 Å². The van der Waals surface area contributed by atoms with Crippen molar-refractivity contribution in [3.05, 3.63) is 0 Å². The highest BCUT2D eigenvalue weighted by molar-refractivity contribution is 9.25. The lowest BCUT2D eigenvalue weighted by molar-refractivity contribution is 0.156. The maximum atomic E-state index is 9.17. The van der Waals surface area contributed by atoms with Crippen LogP contribution in [0.2, 0.25) is 0 Å². The summed E-state index contributed by atoms with van der Waals surface area (Å²) in [6.07, 6.45) is -0.0967. The van der Waals surface area contributed by atoms with Crippen molar-refractivity contribution in [3.63, 3.8) is 0 Å². The first-order valence-electron chi connectivity index (χ1n) is 2.89. The molecule has 4 heteroatoms. The maximum absolute atomic E-state index is 9.17. The van der Waals surface area contributed by atoms with Gasteiger partial charge < -0.3 is 5.11 Å². The lowest BCUT2D eigenvalue weighted by Crippen LogP contribution is -2.21. The number of halogens is 2. The normalized spacial score (nSPS) is 38.3. The van der Waals surface area contributed by atoms with Crippen molar-refractivity contribution in [1.82, 2.24) is 0 Å². The first-order chi connectivity index (χ1) is 4.44. The van der Waals surface area contributed by atoms with Gasteiger partial charge >= 0.3 is 0 Å². The number of hydrogen-bond donors (Lipinski definition) is 1. The molecule has 0 aromatic rings. The minimum atomic E-state index is -0.883. The van der Waals surface area contributed by atoms with Crippen molar-refractivity contribution in [2.45, 2.75) is 22.7 Å². The van der Waals surface area contributed by atoms with E-state index < -0.39 is 6.10 Å². The first kappa shape index (κ1) is 8.51. The second-order valence-corrected chi connectivity index (χ2v) is 6.60. The summed E-state index contributed by atoms with van der Waals surface area (Å²) in [5, 5.41) is 17.6. The Balaban J connectivity index is 2.70. The van der Waals surface area contributed by atoms with Gasteiger partial charge in [-0.2, -0.15) is 5.26 Å². The summed E-state index contributed by atoms with van der Waals surface area (Å²) in [5.41, 5.74) is -0.318. The van der Waals surface area contributed by atoms with Crippen molar-refractivity contribution >= 4 is 31.9 Å². The summed E-state index contributed by atoms with van der Waals surface area (Å²) in [5.74, 6) is 0. The van der Waals surface area contributed by atoms with Gasteiger partial charge in [0.05, 0.1) is 9.30 Å². The van der Waals surface area contributed by atoms with Crippen LogP contribution in [0.25, 0.3) is 0 Å². The minimum absolute atomic E-state index is 0.220. The van der Waals surface area contributed by atoms with E-state index in [-0.39, 0.29) is 8.65 Å². The molecule has 1 saturated carbocycles. The van der Waals surface area contributed by atoms with E-state index in [0.717, 1.165) is 6.42 Å². The summed E-state index contributed by atoms with van der Waals surface area (Å²) >= 11 is 6.71. The fourth-order valence-electron chi connectivity index (χ4n) is 0.856. The molecule has 0 bridgehead atoms. The van der Waals surface area contributed by atoms with Gasteiger partial charge in [-0.15, -0.1) is 0 Å². The molecule has 56 valence electrons. The molecular formula is C6H7Br2NO. The number of nitriles is 1. The molecule has 1 rings (SSSR count). The molecule has 0 saturated heterocycles. The fourth-order valence-corrected chi connectivity index (χ4v) is 2.45. The molecule has 0 unspecified atom stereocenters. The van der Waals surface area contributed by atoms with Gasteiger partial charge in [-0.25, -0.2) is 0 Å². The largest absolute Gasteiger partial charge is 0.377 e. The van der Waals surface area contributed by atoms with Crippen LogP contribution in [-0.2, 0) is 0 Å². The molecule has 1 aliphatic rings. The Labute approximate surface area is 76.5 Å². The zero-order valence-corrected chi connectivity index (χ0v) is 8.61. The summed E-state index contributed by atoms with van der Waals surface area (Å²) in [6, 6.07) is 1.82. The molecule has 1 fully saturated rings. The Morgan fingerprint density at radius 3 is 2.20 bits per heavy atom. The van der Waals surface area contributed by atoms with E-state index in [1.807, 2.05) is 13.0 Å². The van der Waals surface area contributed by atoms with Crippen LogP contribution in [0.5, 0.6) is 0 Å². The fraction of sp³-hybridized carbons (Fsp3) is 0.833. The molecule has 2 atom stereocenters. The zero-order valence-electron chi connectivity index (χ0n) is 5.43. The van der Waals surface area contributed by atoms with Crippen LogP contribution in [0, 0.1) is 16.7 Å². The third-order valence-corrected chi connectivity index (χ3v) is 4.40. The average Bonchev–Trinajstić information content (AvgIpc) is 2.32. The SMILES string of the molecule is C[C@@]1([C@@H](O)C#N)CC1(Br)Br. The molecule has 0 amide bonds. The summed E-state index contributed by atoms with van der Waals surface area (Å²) in [4.78, 5) is 0. The molecule has 0 radical (unpaired) electrons. The summed E-state index contributed by atoms with van der Waals surface area (Å²) in [6.45, 7) is 1.87. The molecule has 0 aromatic carbocycles. The Kier molecular flexibility index (Phi) is 1.87. The lowest BCUT2D eigenvalue weighted by Gasteiger charge is -2.12. The number of aliphatic hydroxyl groups excluding tert-OH is 1. The molecule has 0 aliphatic heterocycles. The molecular weight excluding hydrogens is 262 g/mol. The molecule has 10 heavy (non-hydrogen) atoms. The van der Waals surface area contributed by atoms with Crippen LogP contribution in [0.4, 0.5) is 0 Å². The number of nitrogens with zero attached hydrogens (tertiary/aromatic N) is 1. The van der Waals surface area contributed by atoms with E-state index in [9.17, 15) is 5.11 Å². The van der Waals surface area contributed by atoms with Crippen molar-refractivity contribution < 1.29 is 5.11 Å². The number of rotatable bonds is 1. The predicted molar refractivity (Wildman–Crippen MR) is 44.9 cm³/mol. The third kappa shape index (κ3) is 1.01. The van der Waals surface area contributed by atoms with Crippen LogP contribution < -0.4 is 0 Å². The lowest BCUT2D eigenvalue weighted by atomic mass is 10.0. The van der Waals surface area contributed by atoms with Gasteiger partial charge in [0.15, 0.2) is 0 Å². The highest BCUT2D eigenvalue weighted by Crippen LogP contribution is 2.67. The molecule has 0 aromatic heterocycles. The maximum Gasteiger partial charge on any atom is 0.148 e. The quantitative estimate of drug-likeness (QED) is 0.582. The van der Waals surface area contributed by atoms with Gasteiger partial charge in [0.2, 0.25) is 0 Å². The predicted octanol–water partition coefficient (Wildman–Crippen LogP) is 1.77. The van der Waals surface area contributed by atoms with Gasteiger partial charge in [0.1, 0.15) is 6.10 Å². The summed E-state index contributed by atoms with van der Waals surface area (Å²) in [7, 11) is 0. The Morgan fingerprint density at radius 1 is 1.70 bits per heavy atom. The van der Waals surface area contributed by atoms with Crippen LogP contribution >= 0.6 is 31.9 Å². The second-order valence-electron chi connectivity index (χ2n) is 2.83. The van der Waals surface area contributed by atoms with Gasteiger partial charge in [-0.05, 0) is 6.42 Å².